The van der Waals surface area contributed by atoms with Gasteiger partial charge < -0.3 is 9.64 Å². The van der Waals surface area contributed by atoms with Crippen LogP contribution in [0.4, 0.5) is 4.79 Å². The van der Waals surface area contributed by atoms with Crippen molar-refractivity contribution in [2.45, 2.75) is 44.9 Å². The third-order valence-corrected chi connectivity index (χ3v) is 3.98. The normalized spacial score (nSPS) is 23.1. The number of amides is 1. The van der Waals surface area contributed by atoms with Crippen LogP contribution < -0.4 is 0 Å². The molecule has 1 aliphatic heterocycles. The molecule has 1 heterocycles. The first kappa shape index (κ1) is 20.1. The van der Waals surface area contributed by atoms with E-state index in [1.807, 2.05) is 0 Å². The number of carbonyl (C=O) groups is 1. The summed E-state index contributed by atoms with van der Waals surface area (Å²) >= 11 is 0. The Labute approximate surface area is 137 Å². The summed E-state index contributed by atoms with van der Waals surface area (Å²) in [7, 11) is -7.38. The Bertz CT molecular complexity index is 634. The zero-order valence-corrected chi connectivity index (χ0v) is 15.4. The van der Waals surface area contributed by atoms with Crippen LogP contribution in [0.15, 0.2) is 0 Å². The lowest BCUT2D eigenvalue weighted by Gasteiger charge is -2.28. The van der Waals surface area contributed by atoms with Gasteiger partial charge in [-0.3, -0.25) is 8.37 Å². The van der Waals surface area contributed by atoms with Gasteiger partial charge in [-0.2, -0.15) is 16.8 Å². The van der Waals surface area contributed by atoms with Crippen LogP contribution in [-0.2, 0) is 33.3 Å². The number of ether oxygens (including phenoxy) is 1. The highest BCUT2D eigenvalue weighted by Crippen LogP contribution is 2.24. The Morgan fingerprint density at radius 2 is 1.70 bits per heavy atom. The Kier molecular flexibility index (Phi) is 6.05. The largest absolute Gasteiger partial charge is 0.444 e. The van der Waals surface area contributed by atoms with Crippen molar-refractivity contribution >= 4 is 26.3 Å². The minimum atomic E-state index is -3.70. The number of carbonyl (C=O) groups excluding carboxylic acids is 1. The number of rotatable bonds is 5. The summed E-state index contributed by atoms with van der Waals surface area (Å²) in [6.45, 7) is 4.75. The first-order chi connectivity index (χ1) is 10.2. The molecule has 1 rings (SSSR count). The van der Waals surface area contributed by atoms with Crippen molar-refractivity contribution in [3.63, 3.8) is 0 Å². The molecule has 11 heteroatoms. The van der Waals surface area contributed by atoms with Crippen molar-refractivity contribution in [2.24, 2.45) is 0 Å². The second-order valence-electron chi connectivity index (χ2n) is 6.43. The fraction of sp³-hybridized carbons (Fsp3) is 0.917. The Hall–Kier alpha value is -0.910. The molecule has 0 aliphatic carbocycles. The molecule has 1 fully saturated rings. The van der Waals surface area contributed by atoms with E-state index < -0.39 is 44.1 Å². The van der Waals surface area contributed by atoms with Crippen molar-refractivity contribution in [3.8, 4) is 0 Å². The molecule has 136 valence electrons. The fourth-order valence-corrected chi connectivity index (χ4v) is 3.13. The van der Waals surface area contributed by atoms with Gasteiger partial charge in [0.1, 0.15) is 5.60 Å². The van der Waals surface area contributed by atoms with Gasteiger partial charge in [-0.05, 0) is 27.2 Å². The number of nitrogens with zero attached hydrogens (tertiary/aromatic N) is 1. The summed E-state index contributed by atoms with van der Waals surface area (Å²) in [6.07, 6.45) is 0.474. The molecule has 0 radical (unpaired) electrons. The number of hydrogen-bond donors (Lipinski definition) is 0. The third-order valence-electron chi connectivity index (χ3n) is 2.79. The van der Waals surface area contributed by atoms with Crippen LogP contribution in [0, 0.1) is 0 Å². The number of hydrogen-bond acceptors (Lipinski definition) is 8. The lowest BCUT2D eigenvalue weighted by Crippen LogP contribution is -2.42. The average molecular weight is 373 g/mol. The summed E-state index contributed by atoms with van der Waals surface area (Å²) in [4.78, 5) is 13.4. The third kappa shape index (κ3) is 7.95. The molecule has 0 N–H and O–H groups in total. The molecule has 0 saturated carbocycles. The van der Waals surface area contributed by atoms with Gasteiger partial charge in [0, 0.05) is 0 Å². The van der Waals surface area contributed by atoms with Crippen molar-refractivity contribution in [3.05, 3.63) is 0 Å². The molecule has 23 heavy (non-hydrogen) atoms. The maximum atomic E-state index is 12.2. The van der Waals surface area contributed by atoms with Crippen LogP contribution >= 0.6 is 0 Å². The van der Waals surface area contributed by atoms with Crippen LogP contribution in [0.5, 0.6) is 0 Å². The lowest BCUT2D eigenvalue weighted by atomic mass is 10.2. The van der Waals surface area contributed by atoms with Crippen molar-refractivity contribution in [2.75, 3.05) is 25.7 Å². The predicted octanol–water partition coefficient (Wildman–Crippen LogP) is 0.317. The van der Waals surface area contributed by atoms with E-state index in [0.717, 1.165) is 12.5 Å². The Balaban J connectivity index is 2.85. The molecular formula is C12H23NO8S2. The van der Waals surface area contributed by atoms with Gasteiger partial charge in [0.05, 0.1) is 37.8 Å². The molecule has 1 amide bonds. The zero-order valence-electron chi connectivity index (χ0n) is 13.8. The van der Waals surface area contributed by atoms with E-state index in [2.05, 4.69) is 0 Å². The smallest absolute Gasteiger partial charge is 0.410 e. The highest BCUT2D eigenvalue weighted by Gasteiger charge is 2.40. The molecule has 0 spiro atoms. The van der Waals surface area contributed by atoms with Gasteiger partial charge in [-0.15, -0.1) is 0 Å². The van der Waals surface area contributed by atoms with Crippen molar-refractivity contribution < 1.29 is 34.7 Å². The maximum Gasteiger partial charge on any atom is 0.410 e. The summed E-state index contributed by atoms with van der Waals surface area (Å²) in [6, 6.07) is -0.661. The summed E-state index contributed by atoms with van der Waals surface area (Å²) in [5, 5.41) is 0. The quantitative estimate of drug-likeness (QED) is 0.633. The first-order valence-electron chi connectivity index (χ1n) is 6.88. The van der Waals surface area contributed by atoms with E-state index >= 15 is 0 Å². The van der Waals surface area contributed by atoms with Gasteiger partial charge in [0.25, 0.3) is 20.2 Å². The van der Waals surface area contributed by atoms with Gasteiger partial charge >= 0.3 is 6.09 Å². The van der Waals surface area contributed by atoms with E-state index in [9.17, 15) is 21.6 Å². The van der Waals surface area contributed by atoms with Crippen LogP contribution in [0.3, 0.4) is 0 Å². The monoisotopic (exact) mass is 373 g/mol. The molecule has 0 aromatic carbocycles. The Morgan fingerprint density at radius 1 is 1.13 bits per heavy atom. The predicted molar refractivity (Wildman–Crippen MR) is 81.9 cm³/mol. The zero-order chi connectivity index (χ0) is 18.1. The van der Waals surface area contributed by atoms with Gasteiger partial charge in [0.2, 0.25) is 0 Å². The second-order valence-corrected chi connectivity index (χ2v) is 9.68. The molecule has 0 aromatic rings. The van der Waals surface area contributed by atoms with Crippen molar-refractivity contribution in [1.29, 1.82) is 0 Å². The standard InChI is InChI=1S/C12H23NO8S2/c1-12(2,3)20-11(14)13-7-10(21-23(5,17)18)6-9(13)8-19-22(4,15)16/h9-10H,6-8H2,1-5H3/t9?,10-/m1/s1. The van der Waals surface area contributed by atoms with Crippen LogP contribution in [0.2, 0.25) is 0 Å². The summed E-state index contributed by atoms with van der Waals surface area (Å²) in [5.74, 6) is 0. The topological polar surface area (TPSA) is 116 Å². The minimum Gasteiger partial charge on any atom is -0.444 e. The van der Waals surface area contributed by atoms with Gasteiger partial charge in [0.15, 0.2) is 0 Å². The summed E-state index contributed by atoms with van der Waals surface area (Å²) < 4.78 is 59.6. The fourth-order valence-electron chi connectivity index (χ4n) is 2.09. The average Bonchev–Trinajstić information content (AvgIpc) is 2.63. The molecule has 0 bridgehead atoms. The lowest BCUT2D eigenvalue weighted by molar-refractivity contribution is 0.0178. The number of likely N-dealkylation sites (tertiary alicyclic amines) is 1. The van der Waals surface area contributed by atoms with E-state index in [1.54, 1.807) is 20.8 Å². The highest BCUT2D eigenvalue weighted by atomic mass is 32.2. The molecule has 1 saturated heterocycles. The van der Waals surface area contributed by atoms with Crippen LogP contribution in [0.25, 0.3) is 0 Å². The molecule has 9 nitrogen and oxygen atoms in total. The van der Waals surface area contributed by atoms with Crippen LogP contribution in [-0.4, -0.2) is 71.2 Å². The van der Waals surface area contributed by atoms with E-state index in [0.29, 0.717) is 0 Å². The van der Waals surface area contributed by atoms with E-state index in [1.165, 1.54) is 4.90 Å². The minimum absolute atomic E-state index is 0.0280. The molecular weight excluding hydrogens is 350 g/mol. The molecule has 0 aromatic heterocycles. The second kappa shape index (κ2) is 6.91. The summed E-state index contributed by atoms with van der Waals surface area (Å²) in [5.41, 5.74) is -0.741. The van der Waals surface area contributed by atoms with E-state index in [-0.39, 0.29) is 19.6 Å². The van der Waals surface area contributed by atoms with Gasteiger partial charge in [-0.1, -0.05) is 0 Å². The maximum absolute atomic E-state index is 12.2. The highest BCUT2D eigenvalue weighted by molar-refractivity contribution is 7.86. The molecule has 1 aliphatic rings. The van der Waals surface area contributed by atoms with Crippen molar-refractivity contribution in [1.82, 2.24) is 4.90 Å². The Morgan fingerprint density at radius 3 is 2.13 bits per heavy atom. The van der Waals surface area contributed by atoms with Crippen LogP contribution in [0.1, 0.15) is 27.2 Å². The van der Waals surface area contributed by atoms with Gasteiger partial charge in [-0.25, -0.2) is 4.79 Å². The SMILES string of the molecule is CC(C)(C)OC(=O)N1C[C@H](OS(C)(=O)=O)CC1COS(C)(=O)=O. The molecule has 1 unspecified atom stereocenters. The first-order valence-corrected chi connectivity index (χ1v) is 10.5. The molecule has 2 atom stereocenters. The van der Waals surface area contributed by atoms with E-state index in [4.69, 9.17) is 13.1 Å².